The molecule has 0 bridgehead atoms. The van der Waals surface area contributed by atoms with E-state index < -0.39 is 6.17 Å². The predicted octanol–water partition coefficient (Wildman–Crippen LogP) is 4.14. The maximum absolute atomic E-state index is 6.34. The minimum atomic E-state index is -0.436. The van der Waals surface area contributed by atoms with Crippen LogP contribution in [0.2, 0.25) is 0 Å². The van der Waals surface area contributed by atoms with Crippen molar-refractivity contribution in [2.75, 3.05) is 10.2 Å². The third-order valence-corrected chi connectivity index (χ3v) is 4.66. The molecule has 0 saturated carbocycles. The molecule has 0 fully saturated rings. The minimum absolute atomic E-state index is 0.436. The Morgan fingerprint density at radius 1 is 0.889 bits per heavy atom. The van der Waals surface area contributed by atoms with E-state index in [4.69, 9.17) is 10.7 Å². The van der Waals surface area contributed by atoms with Crippen LogP contribution in [0.3, 0.4) is 0 Å². The first kappa shape index (κ1) is 15.6. The first-order chi connectivity index (χ1) is 13.3. The number of aromatic nitrogens is 2. The van der Waals surface area contributed by atoms with Gasteiger partial charge in [-0.25, -0.2) is 4.99 Å². The van der Waals surface area contributed by atoms with Crippen LogP contribution < -0.4 is 16.0 Å². The second kappa shape index (κ2) is 6.26. The number of nitrogens with one attached hydrogen (secondary N) is 2. The predicted molar refractivity (Wildman–Crippen MR) is 109 cm³/mol. The van der Waals surface area contributed by atoms with E-state index in [1.54, 1.807) is 0 Å². The van der Waals surface area contributed by atoms with Crippen molar-refractivity contribution in [1.29, 1.82) is 0 Å². The molecule has 0 spiro atoms. The van der Waals surface area contributed by atoms with Crippen molar-refractivity contribution in [2.24, 2.45) is 10.7 Å². The van der Waals surface area contributed by atoms with Gasteiger partial charge in [0.05, 0.1) is 11.2 Å². The van der Waals surface area contributed by atoms with Gasteiger partial charge in [0.2, 0.25) is 5.96 Å². The molecule has 4 N–H and O–H groups in total. The average Bonchev–Trinajstić information content (AvgIpc) is 3.13. The molecule has 132 valence electrons. The Morgan fingerprint density at radius 3 is 2.52 bits per heavy atom. The number of benzene rings is 3. The first-order valence-electron chi connectivity index (χ1n) is 8.79. The molecule has 0 aliphatic carbocycles. The Morgan fingerprint density at radius 2 is 1.63 bits per heavy atom. The smallest absolute Gasteiger partial charge is 0.210 e. The summed E-state index contributed by atoms with van der Waals surface area (Å²) >= 11 is 0. The van der Waals surface area contributed by atoms with E-state index in [1.165, 1.54) is 0 Å². The largest absolute Gasteiger partial charge is 0.326 e. The van der Waals surface area contributed by atoms with Crippen molar-refractivity contribution in [3.63, 3.8) is 0 Å². The van der Waals surface area contributed by atoms with Crippen LogP contribution >= 0.6 is 0 Å². The molecule has 5 rings (SSSR count). The minimum Gasteiger partial charge on any atom is -0.326 e. The zero-order valence-corrected chi connectivity index (χ0v) is 14.5. The SMILES string of the molecule is NC1N=C(Nc2ccccc2)N(c2n[nH]c3ccccc23)c2ccccc21. The highest BCUT2D eigenvalue weighted by atomic mass is 15.4. The van der Waals surface area contributed by atoms with E-state index in [0.29, 0.717) is 5.96 Å². The average molecular weight is 354 g/mol. The molecule has 6 heteroatoms. The van der Waals surface area contributed by atoms with Crippen molar-refractivity contribution in [1.82, 2.24) is 10.2 Å². The van der Waals surface area contributed by atoms with Gasteiger partial charge in [-0.05, 0) is 30.3 Å². The lowest BCUT2D eigenvalue weighted by molar-refractivity contribution is 0.759. The van der Waals surface area contributed by atoms with Crippen molar-refractivity contribution in [3.8, 4) is 0 Å². The molecule has 1 aliphatic heterocycles. The highest BCUT2D eigenvalue weighted by Crippen LogP contribution is 2.38. The van der Waals surface area contributed by atoms with E-state index in [0.717, 1.165) is 33.7 Å². The highest BCUT2D eigenvalue weighted by molar-refractivity contribution is 6.14. The van der Waals surface area contributed by atoms with E-state index in [9.17, 15) is 0 Å². The highest BCUT2D eigenvalue weighted by Gasteiger charge is 2.29. The normalized spacial score (nSPS) is 16.1. The topological polar surface area (TPSA) is 82.3 Å². The number of aliphatic imine (C=N–C) groups is 1. The van der Waals surface area contributed by atoms with Crippen LogP contribution in [0, 0.1) is 0 Å². The molecule has 1 aliphatic rings. The van der Waals surface area contributed by atoms with Gasteiger partial charge in [0.1, 0.15) is 6.17 Å². The number of rotatable bonds is 2. The number of anilines is 3. The van der Waals surface area contributed by atoms with E-state index >= 15 is 0 Å². The Hall–Kier alpha value is -3.64. The molecule has 1 unspecified atom stereocenters. The summed E-state index contributed by atoms with van der Waals surface area (Å²) in [6.45, 7) is 0. The van der Waals surface area contributed by atoms with Crippen LogP contribution in [0.15, 0.2) is 83.9 Å². The number of H-pyrrole nitrogens is 1. The number of guanidine groups is 1. The van der Waals surface area contributed by atoms with Crippen molar-refractivity contribution >= 4 is 34.1 Å². The molecule has 1 aromatic heterocycles. The molecule has 3 aromatic carbocycles. The van der Waals surface area contributed by atoms with E-state index in [2.05, 4.69) is 15.5 Å². The van der Waals surface area contributed by atoms with Gasteiger partial charge < -0.3 is 11.1 Å². The van der Waals surface area contributed by atoms with Crippen LogP contribution in [0.25, 0.3) is 10.9 Å². The summed E-state index contributed by atoms with van der Waals surface area (Å²) in [7, 11) is 0. The second-order valence-corrected chi connectivity index (χ2v) is 6.38. The molecule has 6 nitrogen and oxygen atoms in total. The number of hydrogen-bond donors (Lipinski definition) is 3. The number of nitrogens with two attached hydrogens (primary N) is 1. The van der Waals surface area contributed by atoms with Gasteiger partial charge in [-0.2, -0.15) is 5.10 Å². The quantitative estimate of drug-likeness (QED) is 0.505. The van der Waals surface area contributed by atoms with Crippen molar-refractivity contribution in [3.05, 3.63) is 84.4 Å². The Balaban J connectivity index is 1.69. The fourth-order valence-corrected chi connectivity index (χ4v) is 3.39. The maximum atomic E-state index is 6.34. The molecule has 4 aromatic rings. The van der Waals surface area contributed by atoms with E-state index in [1.807, 2.05) is 83.8 Å². The van der Waals surface area contributed by atoms with Crippen LogP contribution in [0.4, 0.5) is 17.2 Å². The summed E-state index contributed by atoms with van der Waals surface area (Å²) in [5.41, 5.74) is 10.2. The summed E-state index contributed by atoms with van der Waals surface area (Å²) in [6.07, 6.45) is -0.436. The number of nitrogens with zero attached hydrogens (tertiary/aromatic N) is 3. The van der Waals surface area contributed by atoms with Crippen molar-refractivity contribution < 1.29 is 0 Å². The zero-order valence-electron chi connectivity index (χ0n) is 14.5. The first-order valence-corrected chi connectivity index (χ1v) is 8.79. The summed E-state index contributed by atoms with van der Waals surface area (Å²) in [6, 6.07) is 26.0. The third-order valence-electron chi connectivity index (χ3n) is 4.66. The Kier molecular flexibility index (Phi) is 3.62. The van der Waals surface area contributed by atoms with Gasteiger partial charge in [0.15, 0.2) is 5.82 Å². The van der Waals surface area contributed by atoms with Crippen LogP contribution in [0.1, 0.15) is 11.7 Å². The second-order valence-electron chi connectivity index (χ2n) is 6.38. The van der Waals surface area contributed by atoms with Gasteiger partial charge >= 0.3 is 0 Å². The maximum Gasteiger partial charge on any atom is 0.210 e. The standard InChI is InChI=1S/C21H18N6/c22-19-16-11-5-7-13-18(16)27(20-15-10-4-6-12-17(15)25-26-20)21(24-19)23-14-8-2-1-3-9-14/h1-13,19H,22H2,(H,23,24)(H,25,26). The lowest BCUT2D eigenvalue weighted by atomic mass is 10.1. The number of fused-ring (bicyclic) bond motifs is 2. The lowest BCUT2D eigenvalue weighted by Gasteiger charge is -2.32. The molecular weight excluding hydrogens is 336 g/mol. The molecule has 0 radical (unpaired) electrons. The molecular formula is C21H18N6. The van der Waals surface area contributed by atoms with Crippen LogP contribution in [-0.4, -0.2) is 16.2 Å². The van der Waals surface area contributed by atoms with Crippen molar-refractivity contribution in [2.45, 2.75) is 6.17 Å². The Labute approximate surface area is 156 Å². The number of para-hydroxylation sites is 3. The fraction of sp³-hybridized carbons (Fsp3) is 0.0476. The third kappa shape index (κ3) is 2.63. The molecule has 0 amide bonds. The number of hydrogen-bond acceptors (Lipinski definition) is 5. The summed E-state index contributed by atoms with van der Waals surface area (Å²) < 4.78 is 0. The Bertz CT molecular complexity index is 1130. The van der Waals surface area contributed by atoms with Gasteiger partial charge in [0, 0.05) is 16.6 Å². The van der Waals surface area contributed by atoms with Crippen LogP contribution in [0.5, 0.6) is 0 Å². The lowest BCUT2D eigenvalue weighted by Crippen LogP contribution is -2.38. The summed E-state index contributed by atoms with van der Waals surface area (Å²) in [4.78, 5) is 6.74. The van der Waals surface area contributed by atoms with E-state index in [-0.39, 0.29) is 0 Å². The molecule has 1 atom stereocenters. The molecule has 2 heterocycles. The van der Waals surface area contributed by atoms with Gasteiger partial charge in [-0.1, -0.05) is 48.5 Å². The summed E-state index contributed by atoms with van der Waals surface area (Å²) in [5.74, 6) is 1.43. The summed E-state index contributed by atoms with van der Waals surface area (Å²) in [5, 5.41) is 12.1. The van der Waals surface area contributed by atoms with Crippen LogP contribution in [-0.2, 0) is 0 Å². The number of aromatic amines is 1. The monoisotopic (exact) mass is 354 g/mol. The fourth-order valence-electron chi connectivity index (χ4n) is 3.39. The molecule has 0 saturated heterocycles. The zero-order chi connectivity index (χ0) is 18.2. The van der Waals surface area contributed by atoms with Gasteiger partial charge in [-0.15, -0.1) is 0 Å². The van der Waals surface area contributed by atoms with Gasteiger partial charge in [0.25, 0.3) is 0 Å². The molecule has 27 heavy (non-hydrogen) atoms. The van der Waals surface area contributed by atoms with Gasteiger partial charge in [-0.3, -0.25) is 10.00 Å².